The molecule has 7 nitrogen and oxygen atoms in total. The number of aliphatic hydroxyl groups is 1. The van der Waals surface area contributed by atoms with Gasteiger partial charge in [-0.25, -0.2) is 0 Å². The highest BCUT2D eigenvalue weighted by molar-refractivity contribution is 6.99. The zero-order chi connectivity index (χ0) is 35.5. The molecular weight excluding hydrogens is 655 g/mol. The van der Waals surface area contributed by atoms with Crippen molar-refractivity contribution in [2.45, 2.75) is 88.7 Å². The molecule has 8 heteroatoms. The van der Waals surface area contributed by atoms with Crippen LogP contribution in [-0.4, -0.2) is 53.7 Å². The average molecular weight is 704 g/mol. The molecule has 2 aliphatic heterocycles. The van der Waals surface area contributed by atoms with Crippen LogP contribution < -0.4 is 10.4 Å². The molecule has 4 aromatic rings. The highest BCUT2D eigenvalue weighted by Crippen LogP contribution is 2.59. The summed E-state index contributed by atoms with van der Waals surface area (Å²) in [5.41, 5.74) is 0.857. The van der Waals surface area contributed by atoms with Crippen LogP contribution in [0.1, 0.15) is 77.4 Å². The predicted octanol–water partition coefficient (Wildman–Crippen LogP) is 6.84. The third-order valence-corrected chi connectivity index (χ3v) is 17.5. The Bertz CT molecular complexity index is 1880. The normalized spacial score (nSPS) is 28.6. The maximum Gasteiger partial charge on any atom is 0.261 e. The van der Waals surface area contributed by atoms with E-state index in [9.17, 15) is 19.8 Å². The third-order valence-electron chi connectivity index (χ3n) is 12.5. The number of rotatable bonds is 7. The molecule has 4 aromatic carbocycles. The molecule has 2 heterocycles. The SMILES string of the molecule is CC(C)(C)[Si](OC[C@H]1C[C@@H]2C(=O)N(C3CCCCC3)C(=O)[C@@H]2[C@@H]2C[C@@H](c3ccc(O)c4ccccc34)O[C@]12O)(c1ccccc1)c1ccccc1. The van der Waals surface area contributed by atoms with Gasteiger partial charge in [-0.3, -0.25) is 14.5 Å². The van der Waals surface area contributed by atoms with E-state index in [1.165, 1.54) is 0 Å². The second-order valence-corrected chi connectivity index (χ2v) is 20.6. The fourth-order valence-corrected chi connectivity index (χ4v) is 14.8. The van der Waals surface area contributed by atoms with Crippen molar-refractivity contribution in [1.82, 2.24) is 4.90 Å². The van der Waals surface area contributed by atoms with Crippen molar-refractivity contribution < 1.29 is 29.0 Å². The lowest BCUT2D eigenvalue weighted by molar-refractivity contribution is -0.273. The van der Waals surface area contributed by atoms with Crippen LogP contribution >= 0.6 is 0 Å². The van der Waals surface area contributed by atoms with E-state index in [2.05, 4.69) is 69.3 Å². The molecule has 0 radical (unpaired) electrons. The van der Waals surface area contributed by atoms with Crippen LogP contribution in [0.5, 0.6) is 5.75 Å². The number of amides is 2. The van der Waals surface area contributed by atoms with Crippen LogP contribution in [-0.2, 0) is 18.8 Å². The van der Waals surface area contributed by atoms with E-state index >= 15 is 0 Å². The van der Waals surface area contributed by atoms with Crippen LogP contribution in [0.2, 0.25) is 5.04 Å². The number of nitrogens with zero attached hydrogens (tertiary/aromatic N) is 1. The van der Waals surface area contributed by atoms with Gasteiger partial charge < -0.3 is 19.4 Å². The van der Waals surface area contributed by atoms with E-state index in [-0.39, 0.29) is 35.3 Å². The van der Waals surface area contributed by atoms with Gasteiger partial charge in [0.15, 0.2) is 5.79 Å². The summed E-state index contributed by atoms with van der Waals surface area (Å²) >= 11 is 0. The third kappa shape index (κ3) is 5.49. The zero-order valence-corrected chi connectivity index (χ0v) is 30.8. The number of aromatic hydroxyl groups is 1. The highest BCUT2D eigenvalue weighted by Gasteiger charge is 2.67. The molecule has 0 bridgehead atoms. The number of likely N-dealkylation sites (tertiary alicyclic amines) is 1. The quantitative estimate of drug-likeness (QED) is 0.162. The molecule has 6 atom stereocenters. The molecular formula is C43H49NO6Si. The molecule has 2 N–H and O–H groups in total. The number of carbonyl (C=O) groups excluding carboxylic acids is 2. The van der Waals surface area contributed by atoms with E-state index in [0.717, 1.165) is 53.4 Å². The molecule has 2 amide bonds. The number of phenolic OH excluding ortho intramolecular Hbond substituents is 1. The Morgan fingerprint density at radius 2 is 1.41 bits per heavy atom. The maximum absolute atomic E-state index is 14.4. The van der Waals surface area contributed by atoms with Crippen LogP contribution in [0.15, 0.2) is 97.1 Å². The monoisotopic (exact) mass is 703 g/mol. The predicted molar refractivity (Wildman–Crippen MR) is 200 cm³/mol. The summed E-state index contributed by atoms with van der Waals surface area (Å²) in [5, 5.41) is 27.2. The first-order valence-electron chi connectivity index (χ1n) is 18.8. The number of carbonyl (C=O) groups is 2. The van der Waals surface area contributed by atoms with Gasteiger partial charge in [-0.1, -0.05) is 131 Å². The largest absolute Gasteiger partial charge is 0.507 e. The van der Waals surface area contributed by atoms with Crippen molar-refractivity contribution in [3.63, 3.8) is 0 Å². The summed E-state index contributed by atoms with van der Waals surface area (Å²) in [6.07, 6.45) is 4.99. The Kier molecular flexibility index (Phi) is 8.73. The van der Waals surface area contributed by atoms with Crippen LogP contribution in [0.4, 0.5) is 0 Å². The Hall–Kier alpha value is -3.82. The zero-order valence-electron chi connectivity index (χ0n) is 29.8. The topological polar surface area (TPSA) is 96.3 Å². The first-order chi connectivity index (χ1) is 24.5. The lowest BCUT2D eigenvalue weighted by Crippen LogP contribution is -2.67. The van der Waals surface area contributed by atoms with Gasteiger partial charge in [0, 0.05) is 29.9 Å². The van der Waals surface area contributed by atoms with E-state index in [4.69, 9.17) is 9.16 Å². The first-order valence-corrected chi connectivity index (χ1v) is 20.7. The molecule has 4 fully saturated rings. The van der Waals surface area contributed by atoms with Gasteiger partial charge in [0.25, 0.3) is 8.32 Å². The number of hydrogen-bond donors (Lipinski definition) is 2. The molecule has 4 aliphatic rings. The van der Waals surface area contributed by atoms with Gasteiger partial charge >= 0.3 is 0 Å². The standard InChI is InChI=1S/C43H49NO6Si/c1-42(2,3)51(30-17-9-5-10-18-30,31-19-11-6-12-20-31)49-27-28-25-35-39(41(47)44(40(35)46)29-15-7-4-8-16-29)36-26-38(50-43(28,36)48)34-23-24-37(45)33-22-14-13-21-32(33)34/h5-6,9-14,17-24,28-29,35-36,38-39,45,48H,4,7-8,15-16,25-27H2,1-3H3/t28-,35+,36+,38+,39+,43-/m1/s1. The minimum absolute atomic E-state index is 0.0802. The second-order valence-electron chi connectivity index (χ2n) is 16.3. The molecule has 2 saturated carbocycles. The van der Waals surface area contributed by atoms with Gasteiger partial charge in [-0.15, -0.1) is 0 Å². The van der Waals surface area contributed by atoms with Crippen molar-refractivity contribution in [3.8, 4) is 5.75 Å². The Morgan fingerprint density at radius 3 is 2.04 bits per heavy atom. The Morgan fingerprint density at radius 1 is 0.804 bits per heavy atom. The molecule has 2 saturated heterocycles. The van der Waals surface area contributed by atoms with Crippen LogP contribution in [0.25, 0.3) is 10.8 Å². The fraction of sp³-hybridized carbons (Fsp3) is 0.442. The number of imide groups is 1. The van der Waals surface area contributed by atoms with Crippen LogP contribution in [0.3, 0.4) is 0 Å². The summed E-state index contributed by atoms with van der Waals surface area (Å²) in [6.45, 7) is 6.87. The van der Waals surface area contributed by atoms with Gasteiger partial charge in [0.05, 0.1) is 17.9 Å². The summed E-state index contributed by atoms with van der Waals surface area (Å²) in [4.78, 5) is 30.4. The average Bonchev–Trinajstić information content (AvgIpc) is 3.62. The lowest BCUT2D eigenvalue weighted by Gasteiger charge is -2.48. The van der Waals surface area contributed by atoms with Crippen molar-refractivity contribution >= 4 is 41.3 Å². The minimum Gasteiger partial charge on any atom is -0.507 e. The fourth-order valence-electron chi connectivity index (χ4n) is 10.2. The molecule has 51 heavy (non-hydrogen) atoms. The number of benzene rings is 4. The number of hydrogen-bond acceptors (Lipinski definition) is 6. The van der Waals surface area contributed by atoms with Crippen molar-refractivity contribution in [2.75, 3.05) is 6.61 Å². The number of fused-ring (bicyclic) bond motifs is 4. The van der Waals surface area contributed by atoms with Gasteiger partial charge in [0.2, 0.25) is 11.8 Å². The smallest absolute Gasteiger partial charge is 0.261 e. The second kappa shape index (κ2) is 13.0. The Labute approximate surface area is 301 Å². The summed E-state index contributed by atoms with van der Waals surface area (Å²) in [6, 6.07) is 32.0. The molecule has 266 valence electrons. The van der Waals surface area contributed by atoms with E-state index in [1.807, 2.05) is 42.5 Å². The van der Waals surface area contributed by atoms with Gasteiger partial charge in [-0.05, 0) is 58.1 Å². The van der Waals surface area contributed by atoms with E-state index < -0.39 is 43.9 Å². The van der Waals surface area contributed by atoms with Gasteiger partial charge in [-0.2, -0.15) is 0 Å². The van der Waals surface area contributed by atoms with Gasteiger partial charge in [0.1, 0.15) is 5.75 Å². The summed E-state index contributed by atoms with van der Waals surface area (Å²) < 4.78 is 14.3. The molecule has 8 rings (SSSR count). The molecule has 0 aromatic heterocycles. The van der Waals surface area contributed by atoms with Crippen molar-refractivity contribution in [1.29, 1.82) is 0 Å². The number of ether oxygens (including phenoxy) is 1. The van der Waals surface area contributed by atoms with E-state index in [1.54, 1.807) is 11.0 Å². The van der Waals surface area contributed by atoms with Crippen molar-refractivity contribution in [3.05, 3.63) is 103 Å². The minimum atomic E-state index is -2.99. The van der Waals surface area contributed by atoms with Crippen LogP contribution in [0, 0.1) is 23.7 Å². The molecule has 0 unspecified atom stereocenters. The number of phenols is 1. The summed E-state index contributed by atoms with van der Waals surface area (Å²) in [5.74, 6) is -4.08. The lowest BCUT2D eigenvalue weighted by atomic mass is 9.64. The molecule has 2 aliphatic carbocycles. The highest BCUT2D eigenvalue weighted by atomic mass is 28.4. The first kappa shape index (κ1) is 34.3. The molecule has 0 spiro atoms. The van der Waals surface area contributed by atoms with Crippen molar-refractivity contribution in [2.24, 2.45) is 23.7 Å². The Balaban J connectivity index is 1.21. The van der Waals surface area contributed by atoms with E-state index in [0.29, 0.717) is 18.2 Å². The maximum atomic E-state index is 14.4. The summed E-state index contributed by atoms with van der Waals surface area (Å²) in [7, 11) is -2.99.